The zero-order valence-electron chi connectivity index (χ0n) is 11.2. The van der Waals surface area contributed by atoms with Gasteiger partial charge in [0.25, 0.3) is 0 Å². The second-order valence-electron chi connectivity index (χ2n) is 5.14. The molecular weight excluding hydrogens is 249 g/mol. The number of rotatable bonds is 2. The predicted molar refractivity (Wildman–Crippen MR) is 86.2 cm³/mol. The number of fused-ring (bicyclic) bond motifs is 1. The van der Waals surface area contributed by atoms with Gasteiger partial charge in [-0.2, -0.15) is 0 Å². The van der Waals surface area contributed by atoms with Crippen molar-refractivity contribution in [3.8, 4) is 0 Å². The van der Waals surface area contributed by atoms with Crippen molar-refractivity contribution < 1.29 is 0 Å². The van der Waals surface area contributed by atoms with E-state index in [1.807, 2.05) is 12.3 Å². The minimum absolute atomic E-state index is 1.15. The van der Waals surface area contributed by atoms with Gasteiger partial charge in [-0.05, 0) is 24.3 Å². The number of aromatic nitrogens is 1. The van der Waals surface area contributed by atoms with E-state index in [9.17, 15) is 0 Å². The van der Waals surface area contributed by atoms with E-state index in [-0.39, 0.29) is 0 Å². The molecule has 19 heavy (non-hydrogen) atoms. The van der Waals surface area contributed by atoms with Crippen LogP contribution in [0.4, 0.5) is 0 Å². The highest BCUT2D eigenvalue weighted by Gasteiger charge is 2.33. The summed E-state index contributed by atoms with van der Waals surface area (Å²) < 4.78 is 0. The molecule has 0 fully saturated rings. The van der Waals surface area contributed by atoms with Crippen molar-refractivity contribution in [2.45, 2.75) is 0 Å². The average molecular weight is 266 g/mol. The van der Waals surface area contributed by atoms with Gasteiger partial charge in [-0.25, -0.2) is 0 Å². The Kier molecular flexibility index (Phi) is 3.08. The SMILES string of the molecule is C[P+](C)(c1ccccc1)c1cccc2cccnc12. The summed E-state index contributed by atoms with van der Waals surface area (Å²) in [5.41, 5.74) is 1.15. The van der Waals surface area contributed by atoms with Crippen molar-refractivity contribution >= 4 is 28.8 Å². The van der Waals surface area contributed by atoms with Crippen LogP contribution in [0.25, 0.3) is 10.9 Å². The molecule has 0 aliphatic carbocycles. The molecule has 0 aliphatic rings. The Morgan fingerprint density at radius 2 is 1.53 bits per heavy atom. The van der Waals surface area contributed by atoms with Gasteiger partial charge in [-0.3, -0.25) is 4.98 Å². The Balaban J connectivity index is 2.24. The Morgan fingerprint density at radius 3 is 2.32 bits per heavy atom. The van der Waals surface area contributed by atoms with E-state index in [4.69, 9.17) is 0 Å². The van der Waals surface area contributed by atoms with Crippen molar-refractivity contribution in [2.24, 2.45) is 0 Å². The predicted octanol–water partition coefficient (Wildman–Crippen LogP) is 3.46. The first kappa shape index (κ1) is 12.3. The smallest absolute Gasteiger partial charge is 0.125 e. The quantitative estimate of drug-likeness (QED) is 0.647. The fourth-order valence-electron chi connectivity index (χ4n) is 2.48. The highest BCUT2D eigenvalue weighted by atomic mass is 31.2. The summed E-state index contributed by atoms with van der Waals surface area (Å²) in [4.78, 5) is 4.60. The van der Waals surface area contributed by atoms with E-state index < -0.39 is 7.26 Å². The van der Waals surface area contributed by atoms with Gasteiger partial charge in [0.1, 0.15) is 10.8 Å². The molecule has 0 radical (unpaired) electrons. The third kappa shape index (κ3) is 2.15. The standard InChI is InChI=1S/C17H17NP/c1-19(2,15-10-4-3-5-11-15)16-12-6-8-14-9-7-13-18-17(14)16/h3-13H,1-2H3/q+1. The molecule has 1 nitrogen and oxygen atoms in total. The van der Waals surface area contributed by atoms with Crippen LogP contribution in [0.1, 0.15) is 0 Å². The van der Waals surface area contributed by atoms with E-state index in [1.54, 1.807) is 0 Å². The van der Waals surface area contributed by atoms with Crippen LogP contribution in [0, 0.1) is 0 Å². The van der Waals surface area contributed by atoms with Gasteiger partial charge in [0.05, 0.1) is 25.9 Å². The molecule has 3 rings (SSSR count). The van der Waals surface area contributed by atoms with Gasteiger partial charge < -0.3 is 0 Å². The lowest BCUT2D eigenvalue weighted by molar-refractivity contribution is 1.42. The number of nitrogens with zero attached hydrogens (tertiary/aromatic N) is 1. The first-order chi connectivity index (χ1) is 9.19. The summed E-state index contributed by atoms with van der Waals surface area (Å²) in [6, 6.07) is 21.4. The lowest BCUT2D eigenvalue weighted by Crippen LogP contribution is -2.21. The largest absolute Gasteiger partial charge is 0.252 e. The van der Waals surface area contributed by atoms with Gasteiger partial charge in [0.2, 0.25) is 0 Å². The van der Waals surface area contributed by atoms with E-state index in [0.29, 0.717) is 0 Å². The number of hydrogen-bond donors (Lipinski definition) is 0. The maximum Gasteiger partial charge on any atom is 0.125 e. The Bertz CT molecular complexity index is 699. The fourth-order valence-corrected chi connectivity index (χ4v) is 4.85. The zero-order valence-corrected chi connectivity index (χ0v) is 12.1. The van der Waals surface area contributed by atoms with E-state index in [1.165, 1.54) is 16.0 Å². The van der Waals surface area contributed by atoms with Crippen LogP contribution in [-0.4, -0.2) is 18.3 Å². The number of hydrogen-bond acceptors (Lipinski definition) is 1. The van der Waals surface area contributed by atoms with Gasteiger partial charge in [0.15, 0.2) is 0 Å². The second-order valence-corrected chi connectivity index (χ2v) is 9.05. The normalized spacial score (nSPS) is 11.7. The van der Waals surface area contributed by atoms with Crippen LogP contribution >= 0.6 is 7.26 Å². The topological polar surface area (TPSA) is 12.9 Å². The van der Waals surface area contributed by atoms with Crippen molar-refractivity contribution in [2.75, 3.05) is 13.3 Å². The summed E-state index contributed by atoms with van der Waals surface area (Å²) >= 11 is 0. The number of para-hydroxylation sites is 1. The summed E-state index contributed by atoms with van der Waals surface area (Å²) in [5, 5.41) is 4.04. The maximum absolute atomic E-state index is 4.60. The molecule has 1 aromatic heterocycles. The third-order valence-corrected chi connectivity index (χ3v) is 6.77. The molecule has 0 spiro atoms. The molecule has 0 N–H and O–H groups in total. The van der Waals surface area contributed by atoms with Crippen LogP contribution in [0.2, 0.25) is 0 Å². The lowest BCUT2D eigenvalue weighted by atomic mass is 10.2. The van der Waals surface area contributed by atoms with Crippen LogP contribution in [0.15, 0.2) is 66.9 Å². The molecule has 2 heteroatoms. The molecule has 0 amide bonds. The zero-order chi connectivity index (χ0) is 13.3. The Labute approximate surface area is 114 Å². The molecule has 0 saturated heterocycles. The maximum atomic E-state index is 4.60. The summed E-state index contributed by atoms with van der Waals surface area (Å²) in [6.45, 7) is 4.73. The minimum Gasteiger partial charge on any atom is -0.252 e. The summed E-state index contributed by atoms with van der Waals surface area (Å²) in [7, 11) is -1.36. The second kappa shape index (κ2) is 4.75. The number of benzene rings is 2. The highest BCUT2D eigenvalue weighted by Crippen LogP contribution is 2.49. The minimum atomic E-state index is -1.36. The molecular formula is C17H17NP+. The molecule has 2 aromatic carbocycles. The van der Waals surface area contributed by atoms with Crippen LogP contribution in [0.3, 0.4) is 0 Å². The van der Waals surface area contributed by atoms with Crippen molar-refractivity contribution in [1.82, 2.24) is 4.98 Å². The summed E-state index contributed by atoms with van der Waals surface area (Å²) in [5.74, 6) is 0. The van der Waals surface area contributed by atoms with Crippen LogP contribution in [-0.2, 0) is 0 Å². The van der Waals surface area contributed by atoms with Crippen molar-refractivity contribution in [3.63, 3.8) is 0 Å². The Hall–Kier alpha value is -1.72. The first-order valence-corrected chi connectivity index (χ1v) is 9.12. The average Bonchev–Trinajstić information content (AvgIpc) is 2.47. The van der Waals surface area contributed by atoms with E-state index in [0.717, 1.165) is 5.52 Å². The lowest BCUT2D eigenvalue weighted by Gasteiger charge is -2.19. The van der Waals surface area contributed by atoms with Crippen LogP contribution in [0.5, 0.6) is 0 Å². The van der Waals surface area contributed by atoms with E-state index >= 15 is 0 Å². The molecule has 0 aliphatic heterocycles. The van der Waals surface area contributed by atoms with Gasteiger partial charge in [-0.15, -0.1) is 0 Å². The molecule has 0 unspecified atom stereocenters. The number of pyridine rings is 1. The molecule has 0 atom stereocenters. The van der Waals surface area contributed by atoms with Crippen LogP contribution < -0.4 is 10.6 Å². The Morgan fingerprint density at radius 1 is 0.789 bits per heavy atom. The van der Waals surface area contributed by atoms with E-state index in [2.05, 4.69) is 72.9 Å². The van der Waals surface area contributed by atoms with Gasteiger partial charge in [0, 0.05) is 11.6 Å². The van der Waals surface area contributed by atoms with Crippen molar-refractivity contribution in [1.29, 1.82) is 0 Å². The fraction of sp³-hybridized carbons (Fsp3) is 0.118. The molecule has 1 heterocycles. The van der Waals surface area contributed by atoms with Crippen molar-refractivity contribution in [3.05, 3.63) is 66.9 Å². The van der Waals surface area contributed by atoms with Gasteiger partial charge in [-0.1, -0.05) is 36.4 Å². The van der Waals surface area contributed by atoms with Gasteiger partial charge >= 0.3 is 0 Å². The third-order valence-electron chi connectivity index (χ3n) is 3.62. The molecule has 94 valence electrons. The monoisotopic (exact) mass is 266 g/mol. The molecule has 0 saturated carbocycles. The first-order valence-electron chi connectivity index (χ1n) is 6.43. The molecule has 0 bridgehead atoms. The summed E-state index contributed by atoms with van der Waals surface area (Å²) in [6.07, 6.45) is 1.89. The highest BCUT2D eigenvalue weighted by molar-refractivity contribution is 7.88. The molecule has 3 aromatic rings.